The molecule has 126 valence electrons. The highest BCUT2D eigenvalue weighted by Crippen LogP contribution is 2.42. The zero-order valence-electron chi connectivity index (χ0n) is 13.3. The second-order valence-electron chi connectivity index (χ2n) is 6.18. The molecule has 1 aliphatic carbocycles. The first-order valence-electron chi connectivity index (χ1n) is 7.78. The summed E-state index contributed by atoms with van der Waals surface area (Å²) in [6.07, 6.45) is 3.90. The SMILES string of the molecule is Cc1coc(CC(=O)O)c1C(=O)NC1(c2ccc(Br)cc2)CCC1. The summed E-state index contributed by atoms with van der Waals surface area (Å²) < 4.78 is 6.25. The summed E-state index contributed by atoms with van der Waals surface area (Å²) in [5, 5.41) is 12.1. The lowest BCUT2D eigenvalue weighted by atomic mass is 9.71. The fraction of sp³-hybridized carbons (Fsp3) is 0.333. The second-order valence-corrected chi connectivity index (χ2v) is 7.10. The van der Waals surface area contributed by atoms with Crippen LogP contribution in [-0.2, 0) is 16.8 Å². The van der Waals surface area contributed by atoms with E-state index >= 15 is 0 Å². The number of halogens is 1. The number of hydrogen-bond acceptors (Lipinski definition) is 3. The summed E-state index contributed by atoms with van der Waals surface area (Å²) in [5.74, 6) is -1.10. The predicted octanol–water partition coefficient (Wildman–Crippen LogP) is 3.79. The van der Waals surface area contributed by atoms with Crippen molar-refractivity contribution in [3.63, 3.8) is 0 Å². The fourth-order valence-electron chi connectivity index (χ4n) is 3.14. The molecule has 1 heterocycles. The molecule has 3 rings (SSSR count). The molecule has 24 heavy (non-hydrogen) atoms. The molecule has 2 N–H and O–H groups in total. The number of nitrogens with one attached hydrogen (secondary N) is 1. The lowest BCUT2D eigenvalue weighted by Crippen LogP contribution is -2.51. The van der Waals surface area contributed by atoms with Gasteiger partial charge in [-0.25, -0.2) is 0 Å². The van der Waals surface area contributed by atoms with Crippen LogP contribution in [0.15, 0.2) is 39.4 Å². The number of aliphatic carboxylic acids is 1. The Bertz CT molecular complexity index is 775. The normalized spacial score (nSPS) is 15.6. The van der Waals surface area contributed by atoms with Crippen LogP contribution in [-0.4, -0.2) is 17.0 Å². The van der Waals surface area contributed by atoms with Gasteiger partial charge in [-0.3, -0.25) is 9.59 Å². The molecule has 5 nitrogen and oxygen atoms in total. The Morgan fingerprint density at radius 3 is 2.50 bits per heavy atom. The number of rotatable bonds is 5. The maximum absolute atomic E-state index is 12.8. The summed E-state index contributed by atoms with van der Waals surface area (Å²) in [5.41, 5.74) is 1.66. The largest absolute Gasteiger partial charge is 0.481 e. The van der Waals surface area contributed by atoms with E-state index in [1.54, 1.807) is 6.92 Å². The lowest BCUT2D eigenvalue weighted by Gasteiger charge is -2.43. The minimum Gasteiger partial charge on any atom is -0.481 e. The number of amides is 1. The predicted molar refractivity (Wildman–Crippen MR) is 91.9 cm³/mol. The number of carboxylic acids is 1. The average Bonchev–Trinajstić information content (AvgIpc) is 2.84. The highest BCUT2D eigenvalue weighted by atomic mass is 79.9. The van der Waals surface area contributed by atoms with Gasteiger partial charge in [0, 0.05) is 10.0 Å². The molecule has 1 saturated carbocycles. The van der Waals surface area contributed by atoms with E-state index in [2.05, 4.69) is 21.2 Å². The number of carboxylic acid groups (broad SMARTS) is 1. The molecular weight excluding hydrogens is 374 g/mol. The van der Waals surface area contributed by atoms with Crippen molar-refractivity contribution in [2.24, 2.45) is 0 Å². The van der Waals surface area contributed by atoms with E-state index in [0.29, 0.717) is 11.1 Å². The van der Waals surface area contributed by atoms with Crippen LogP contribution in [0, 0.1) is 6.92 Å². The molecule has 0 saturated heterocycles. The first kappa shape index (κ1) is 16.8. The number of carbonyl (C=O) groups is 2. The molecule has 0 radical (unpaired) electrons. The summed E-state index contributed by atoms with van der Waals surface area (Å²) >= 11 is 3.42. The monoisotopic (exact) mass is 391 g/mol. The van der Waals surface area contributed by atoms with Gasteiger partial charge in [0.1, 0.15) is 12.2 Å². The van der Waals surface area contributed by atoms with Crippen molar-refractivity contribution in [3.05, 3.63) is 57.5 Å². The van der Waals surface area contributed by atoms with Gasteiger partial charge >= 0.3 is 5.97 Å². The lowest BCUT2D eigenvalue weighted by molar-refractivity contribution is -0.136. The van der Waals surface area contributed by atoms with E-state index in [9.17, 15) is 9.59 Å². The van der Waals surface area contributed by atoms with Gasteiger partial charge in [0.25, 0.3) is 5.91 Å². The molecule has 0 unspecified atom stereocenters. The molecule has 0 aliphatic heterocycles. The number of benzene rings is 1. The van der Waals surface area contributed by atoms with Gasteiger partial charge in [0.2, 0.25) is 0 Å². The molecular formula is C18H18BrNO4. The number of aryl methyl sites for hydroxylation is 1. The number of carbonyl (C=O) groups excluding carboxylic acids is 1. The molecule has 1 aromatic carbocycles. The molecule has 0 bridgehead atoms. The fourth-order valence-corrected chi connectivity index (χ4v) is 3.40. The average molecular weight is 392 g/mol. The van der Waals surface area contributed by atoms with E-state index in [-0.39, 0.29) is 23.6 Å². The molecule has 0 atom stereocenters. The minimum atomic E-state index is -1.02. The smallest absolute Gasteiger partial charge is 0.311 e. The van der Waals surface area contributed by atoms with Gasteiger partial charge in [0.05, 0.1) is 17.4 Å². The molecule has 2 aromatic rings. The molecule has 0 spiro atoms. The van der Waals surface area contributed by atoms with Crippen molar-refractivity contribution in [2.75, 3.05) is 0 Å². The van der Waals surface area contributed by atoms with E-state index < -0.39 is 5.97 Å². The quantitative estimate of drug-likeness (QED) is 0.812. The highest BCUT2D eigenvalue weighted by Gasteiger charge is 2.41. The molecule has 1 aromatic heterocycles. The summed E-state index contributed by atoms with van der Waals surface area (Å²) in [6.45, 7) is 1.75. The minimum absolute atomic E-state index is 0.197. The van der Waals surface area contributed by atoms with Crippen molar-refractivity contribution in [2.45, 2.75) is 38.1 Å². The Morgan fingerprint density at radius 1 is 1.29 bits per heavy atom. The van der Waals surface area contributed by atoms with Crippen LogP contribution in [0.5, 0.6) is 0 Å². The third-order valence-corrected chi connectivity index (χ3v) is 5.08. The van der Waals surface area contributed by atoms with E-state index in [4.69, 9.17) is 9.52 Å². The van der Waals surface area contributed by atoms with Crippen molar-refractivity contribution < 1.29 is 19.1 Å². The molecule has 1 aliphatic rings. The van der Waals surface area contributed by atoms with E-state index in [1.165, 1.54) is 6.26 Å². The Kier molecular flexibility index (Phi) is 4.49. The van der Waals surface area contributed by atoms with Crippen molar-refractivity contribution in [1.29, 1.82) is 0 Å². The zero-order chi connectivity index (χ0) is 17.3. The molecule has 1 amide bonds. The van der Waals surface area contributed by atoms with E-state index in [0.717, 1.165) is 29.3 Å². The Labute approximate surface area is 148 Å². The Hall–Kier alpha value is -2.08. The van der Waals surface area contributed by atoms with Gasteiger partial charge in [-0.15, -0.1) is 0 Å². The summed E-state index contributed by atoms with van der Waals surface area (Å²) in [4.78, 5) is 23.8. The third kappa shape index (κ3) is 3.11. The topological polar surface area (TPSA) is 79.5 Å². The van der Waals surface area contributed by atoms with Gasteiger partial charge < -0.3 is 14.8 Å². The molecule has 1 fully saturated rings. The zero-order valence-corrected chi connectivity index (χ0v) is 14.9. The Balaban J connectivity index is 1.87. The van der Waals surface area contributed by atoms with Crippen LogP contribution >= 0.6 is 15.9 Å². The van der Waals surface area contributed by atoms with Crippen LogP contribution in [0.25, 0.3) is 0 Å². The van der Waals surface area contributed by atoms with Crippen LogP contribution in [0.3, 0.4) is 0 Å². The maximum atomic E-state index is 12.8. The summed E-state index contributed by atoms with van der Waals surface area (Å²) in [6, 6.07) is 7.93. The summed E-state index contributed by atoms with van der Waals surface area (Å²) in [7, 11) is 0. The number of furan rings is 1. The van der Waals surface area contributed by atoms with Crippen LogP contribution in [0.4, 0.5) is 0 Å². The van der Waals surface area contributed by atoms with Gasteiger partial charge in [-0.2, -0.15) is 0 Å². The third-order valence-electron chi connectivity index (χ3n) is 4.55. The highest BCUT2D eigenvalue weighted by molar-refractivity contribution is 9.10. The van der Waals surface area contributed by atoms with E-state index in [1.807, 2.05) is 24.3 Å². The van der Waals surface area contributed by atoms with Crippen molar-refractivity contribution in [1.82, 2.24) is 5.32 Å². The standard InChI is InChI=1S/C18H18BrNO4/c1-11-10-24-14(9-15(21)22)16(11)17(23)20-18(7-2-8-18)12-3-5-13(19)6-4-12/h3-6,10H,2,7-9H2,1H3,(H,20,23)(H,21,22). The van der Waals surface area contributed by atoms with Gasteiger partial charge in [-0.1, -0.05) is 28.1 Å². The van der Waals surface area contributed by atoms with Crippen molar-refractivity contribution >= 4 is 27.8 Å². The van der Waals surface area contributed by atoms with Crippen molar-refractivity contribution in [3.8, 4) is 0 Å². The van der Waals surface area contributed by atoms with Gasteiger partial charge in [0.15, 0.2) is 0 Å². The van der Waals surface area contributed by atoms with Crippen LogP contribution in [0.1, 0.15) is 46.5 Å². The van der Waals surface area contributed by atoms with Crippen LogP contribution in [0.2, 0.25) is 0 Å². The molecule has 6 heteroatoms. The first-order valence-corrected chi connectivity index (χ1v) is 8.58. The second kappa shape index (κ2) is 6.43. The first-order chi connectivity index (χ1) is 11.4. The number of hydrogen-bond donors (Lipinski definition) is 2. The van der Waals surface area contributed by atoms with Gasteiger partial charge in [-0.05, 0) is 43.9 Å². The van der Waals surface area contributed by atoms with Crippen LogP contribution < -0.4 is 5.32 Å². The Morgan fingerprint density at radius 2 is 1.96 bits per heavy atom. The maximum Gasteiger partial charge on any atom is 0.311 e.